The predicted octanol–water partition coefficient (Wildman–Crippen LogP) is 3.31. The fourth-order valence-corrected chi connectivity index (χ4v) is 2.87. The van der Waals surface area contributed by atoms with Gasteiger partial charge in [0.05, 0.1) is 9.90 Å². The van der Waals surface area contributed by atoms with Crippen molar-refractivity contribution in [3.8, 4) is 11.7 Å². The summed E-state index contributed by atoms with van der Waals surface area (Å²) in [6.45, 7) is 0.177. The lowest BCUT2D eigenvalue weighted by atomic mass is 10.4. The third kappa shape index (κ3) is 3.44. The first-order valence-electron chi connectivity index (χ1n) is 6.22. The van der Waals surface area contributed by atoms with Crippen molar-refractivity contribution >= 4 is 40.5 Å². The third-order valence-corrected chi connectivity index (χ3v) is 4.12. The molecule has 3 rings (SSSR count). The standard InChI is InChI=1S/C13H8Cl2N4O3S/c14-8-2-1-3-16-11(8)19-9(12(20)21)4-10(18-19)22-6-7-5-17-13(15)23-7/h1-5H,6H2,(H,20,21). The maximum atomic E-state index is 11.4. The van der Waals surface area contributed by atoms with E-state index < -0.39 is 5.97 Å². The predicted molar refractivity (Wildman–Crippen MR) is 84.8 cm³/mol. The smallest absolute Gasteiger partial charge is 0.354 e. The Balaban J connectivity index is 1.90. The highest BCUT2D eigenvalue weighted by Crippen LogP contribution is 2.23. The van der Waals surface area contributed by atoms with Crippen LogP contribution >= 0.6 is 34.5 Å². The molecule has 118 valence electrons. The molecule has 0 spiro atoms. The Morgan fingerprint density at radius 2 is 2.22 bits per heavy atom. The summed E-state index contributed by atoms with van der Waals surface area (Å²) in [5, 5.41) is 13.7. The van der Waals surface area contributed by atoms with Crippen LogP contribution in [0.15, 0.2) is 30.6 Å². The van der Waals surface area contributed by atoms with Crippen LogP contribution in [0.4, 0.5) is 0 Å². The van der Waals surface area contributed by atoms with Crippen molar-refractivity contribution in [1.29, 1.82) is 0 Å². The van der Waals surface area contributed by atoms with E-state index >= 15 is 0 Å². The molecule has 0 aromatic carbocycles. The maximum Gasteiger partial charge on any atom is 0.354 e. The second-order valence-electron chi connectivity index (χ2n) is 4.26. The molecule has 3 aromatic rings. The van der Waals surface area contributed by atoms with Crippen molar-refractivity contribution in [2.24, 2.45) is 0 Å². The SMILES string of the molecule is O=C(O)c1cc(OCc2cnc(Cl)s2)nn1-c1ncccc1Cl. The maximum absolute atomic E-state index is 11.4. The van der Waals surface area contributed by atoms with Gasteiger partial charge in [-0.3, -0.25) is 0 Å². The molecule has 0 aliphatic rings. The van der Waals surface area contributed by atoms with Crippen LogP contribution in [0.25, 0.3) is 5.82 Å². The first-order valence-corrected chi connectivity index (χ1v) is 7.79. The van der Waals surface area contributed by atoms with Crippen LogP contribution in [0.1, 0.15) is 15.4 Å². The highest BCUT2D eigenvalue weighted by molar-refractivity contribution is 7.15. The van der Waals surface area contributed by atoms with Crippen LogP contribution in [-0.4, -0.2) is 30.8 Å². The van der Waals surface area contributed by atoms with E-state index in [0.29, 0.717) is 4.47 Å². The van der Waals surface area contributed by atoms with E-state index in [2.05, 4.69) is 15.1 Å². The molecule has 0 radical (unpaired) electrons. The highest BCUT2D eigenvalue weighted by atomic mass is 35.5. The Morgan fingerprint density at radius 3 is 2.87 bits per heavy atom. The molecule has 0 amide bonds. The van der Waals surface area contributed by atoms with Crippen LogP contribution in [0.2, 0.25) is 9.49 Å². The van der Waals surface area contributed by atoms with E-state index in [4.69, 9.17) is 27.9 Å². The molecule has 0 atom stereocenters. The van der Waals surface area contributed by atoms with Crippen LogP contribution in [0, 0.1) is 0 Å². The zero-order valence-corrected chi connectivity index (χ0v) is 13.6. The minimum absolute atomic E-state index is 0.108. The molecule has 1 N–H and O–H groups in total. The average Bonchev–Trinajstić information content (AvgIpc) is 3.12. The van der Waals surface area contributed by atoms with Crippen molar-refractivity contribution in [2.45, 2.75) is 6.61 Å². The number of carboxylic acids is 1. The first-order chi connectivity index (χ1) is 11.0. The quantitative estimate of drug-likeness (QED) is 0.740. The number of halogens is 2. The van der Waals surface area contributed by atoms with Gasteiger partial charge in [0.25, 0.3) is 0 Å². The van der Waals surface area contributed by atoms with Gasteiger partial charge >= 0.3 is 5.97 Å². The Bertz CT molecular complexity index is 865. The van der Waals surface area contributed by atoms with Gasteiger partial charge in [-0.05, 0) is 12.1 Å². The van der Waals surface area contributed by atoms with Gasteiger partial charge in [0.2, 0.25) is 5.88 Å². The topological polar surface area (TPSA) is 90.1 Å². The zero-order valence-electron chi connectivity index (χ0n) is 11.3. The van der Waals surface area contributed by atoms with Gasteiger partial charge in [0.1, 0.15) is 6.61 Å². The first kappa shape index (κ1) is 15.7. The number of nitrogens with zero attached hydrogens (tertiary/aromatic N) is 4. The summed E-state index contributed by atoms with van der Waals surface area (Å²) < 4.78 is 7.01. The minimum atomic E-state index is -1.17. The summed E-state index contributed by atoms with van der Waals surface area (Å²) in [5.41, 5.74) is -0.108. The summed E-state index contributed by atoms with van der Waals surface area (Å²) in [5.74, 6) is -0.828. The monoisotopic (exact) mass is 370 g/mol. The largest absolute Gasteiger partial charge is 0.477 e. The molecule has 0 aliphatic carbocycles. The van der Waals surface area contributed by atoms with Gasteiger partial charge < -0.3 is 9.84 Å². The summed E-state index contributed by atoms with van der Waals surface area (Å²) >= 11 is 13.1. The molecule has 3 heterocycles. The number of carboxylic acid groups (broad SMARTS) is 1. The second-order valence-corrected chi connectivity index (χ2v) is 6.37. The molecule has 0 saturated carbocycles. The lowest BCUT2D eigenvalue weighted by molar-refractivity contribution is 0.0686. The molecule has 0 fully saturated rings. The van der Waals surface area contributed by atoms with Crippen molar-refractivity contribution in [3.05, 3.63) is 50.7 Å². The lowest BCUT2D eigenvalue weighted by Crippen LogP contribution is -2.09. The van der Waals surface area contributed by atoms with Crippen molar-refractivity contribution < 1.29 is 14.6 Å². The van der Waals surface area contributed by atoms with Crippen molar-refractivity contribution in [3.63, 3.8) is 0 Å². The van der Waals surface area contributed by atoms with E-state index in [-0.39, 0.29) is 29.0 Å². The summed E-state index contributed by atoms with van der Waals surface area (Å²) in [4.78, 5) is 20.1. The second kappa shape index (κ2) is 6.53. The molecule has 0 saturated heterocycles. The van der Waals surface area contributed by atoms with Crippen LogP contribution in [0.3, 0.4) is 0 Å². The lowest BCUT2D eigenvalue weighted by Gasteiger charge is -2.04. The van der Waals surface area contributed by atoms with Crippen LogP contribution in [-0.2, 0) is 6.61 Å². The molecule has 0 bridgehead atoms. The molecule has 23 heavy (non-hydrogen) atoms. The number of ether oxygens (including phenoxy) is 1. The van der Waals surface area contributed by atoms with E-state index in [0.717, 1.165) is 9.56 Å². The number of aromatic nitrogens is 4. The van der Waals surface area contributed by atoms with E-state index in [1.165, 1.54) is 23.6 Å². The van der Waals surface area contributed by atoms with Crippen molar-refractivity contribution in [1.82, 2.24) is 19.7 Å². The molecule has 10 heteroatoms. The Morgan fingerprint density at radius 1 is 1.39 bits per heavy atom. The number of thiazole rings is 1. The van der Waals surface area contributed by atoms with Gasteiger partial charge in [-0.1, -0.05) is 23.2 Å². The van der Waals surface area contributed by atoms with Crippen LogP contribution < -0.4 is 4.74 Å². The number of rotatable bonds is 5. The molecule has 0 aliphatic heterocycles. The molecular formula is C13H8Cl2N4O3S. The fraction of sp³-hybridized carbons (Fsp3) is 0.0769. The number of pyridine rings is 1. The number of aromatic carboxylic acids is 1. The molecular weight excluding hydrogens is 363 g/mol. The van der Waals surface area contributed by atoms with Gasteiger partial charge in [0.15, 0.2) is 16.0 Å². The number of hydrogen-bond acceptors (Lipinski definition) is 6. The summed E-state index contributed by atoms with van der Waals surface area (Å²) in [6, 6.07) is 4.54. The van der Waals surface area contributed by atoms with Gasteiger partial charge in [-0.15, -0.1) is 16.4 Å². The Kier molecular flexibility index (Phi) is 4.46. The summed E-state index contributed by atoms with van der Waals surface area (Å²) in [7, 11) is 0. The van der Waals surface area contributed by atoms with Crippen LogP contribution in [0.5, 0.6) is 5.88 Å². The van der Waals surface area contributed by atoms with Crippen molar-refractivity contribution in [2.75, 3.05) is 0 Å². The third-order valence-electron chi connectivity index (χ3n) is 2.73. The fourth-order valence-electron chi connectivity index (χ4n) is 1.77. The summed E-state index contributed by atoms with van der Waals surface area (Å²) in [6.07, 6.45) is 3.08. The Hall–Kier alpha value is -2.16. The Labute approximate surface area is 144 Å². The zero-order chi connectivity index (χ0) is 16.4. The number of carbonyl (C=O) groups is 1. The highest BCUT2D eigenvalue weighted by Gasteiger charge is 2.19. The molecule has 7 nitrogen and oxygen atoms in total. The van der Waals surface area contributed by atoms with Gasteiger partial charge in [-0.25, -0.2) is 19.4 Å². The minimum Gasteiger partial charge on any atom is -0.477 e. The van der Waals surface area contributed by atoms with E-state index in [1.807, 2.05) is 0 Å². The van der Waals surface area contributed by atoms with Gasteiger partial charge in [-0.2, -0.15) is 0 Å². The normalized spacial score (nSPS) is 10.7. The van der Waals surface area contributed by atoms with E-state index in [1.54, 1.807) is 18.3 Å². The number of hydrogen-bond donors (Lipinski definition) is 1. The van der Waals surface area contributed by atoms with E-state index in [9.17, 15) is 9.90 Å². The van der Waals surface area contributed by atoms with Gasteiger partial charge in [0, 0.05) is 18.5 Å². The molecule has 0 unspecified atom stereocenters. The molecule has 3 aromatic heterocycles. The average molecular weight is 371 g/mol.